The first kappa shape index (κ1) is 19.5. The Morgan fingerprint density at radius 1 is 1.03 bits per heavy atom. The van der Waals surface area contributed by atoms with E-state index in [0.29, 0.717) is 22.6 Å². The van der Waals surface area contributed by atoms with Crippen molar-refractivity contribution in [3.8, 4) is 23.3 Å². The van der Waals surface area contributed by atoms with Crippen molar-refractivity contribution >= 4 is 10.9 Å². The van der Waals surface area contributed by atoms with Gasteiger partial charge in [0.25, 0.3) is 5.56 Å². The number of hydrogen-bond donors (Lipinski definition) is 1. The van der Waals surface area contributed by atoms with Crippen molar-refractivity contribution in [2.45, 2.75) is 5.92 Å². The van der Waals surface area contributed by atoms with Crippen LogP contribution < -0.4 is 20.8 Å². The quantitative estimate of drug-likeness (QED) is 0.535. The van der Waals surface area contributed by atoms with Crippen molar-refractivity contribution in [2.75, 3.05) is 7.11 Å². The van der Waals surface area contributed by atoms with Crippen molar-refractivity contribution in [3.63, 3.8) is 0 Å². The van der Waals surface area contributed by atoms with Crippen LogP contribution in [-0.2, 0) is 0 Å². The minimum atomic E-state index is -0.689. The van der Waals surface area contributed by atoms with E-state index in [2.05, 4.69) is 6.07 Å². The molecule has 0 saturated heterocycles. The Kier molecular flexibility index (Phi) is 4.65. The van der Waals surface area contributed by atoms with Crippen LogP contribution in [0.15, 0.2) is 95.1 Å². The van der Waals surface area contributed by atoms with Crippen molar-refractivity contribution in [3.05, 3.63) is 112 Å². The standard InChI is InChI=1S/C26H19N3O3/c1-31-18-11-7-8-16(14-18)22-20(15-27)25(28)32-24-19-12-5-6-13-21(19)29(26(30)23(22)24)17-9-3-2-4-10-17/h2-14,22H,28H2,1H3. The molecule has 1 atom stereocenters. The maximum Gasteiger partial charge on any atom is 0.263 e. The molecule has 6 nitrogen and oxygen atoms in total. The third-order valence-corrected chi connectivity index (χ3v) is 5.68. The van der Waals surface area contributed by atoms with E-state index in [1.165, 1.54) is 0 Å². The zero-order chi connectivity index (χ0) is 22.2. The number of benzene rings is 3. The number of methoxy groups -OCH3 is 1. The molecule has 3 aromatic carbocycles. The molecular weight excluding hydrogens is 402 g/mol. The first-order valence-corrected chi connectivity index (χ1v) is 10.1. The number of fused-ring (bicyclic) bond motifs is 3. The highest BCUT2D eigenvalue weighted by Crippen LogP contribution is 2.44. The number of nitrogens with zero attached hydrogens (tertiary/aromatic N) is 2. The molecule has 0 spiro atoms. The summed E-state index contributed by atoms with van der Waals surface area (Å²) < 4.78 is 13.0. The van der Waals surface area contributed by atoms with Gasteiger partial charge in [-0.3, -0.25) is 9.36 Å². The summed E-state index contributed by atoms with van der Waals surface area (Å²) in [5, 5.41) is 10.7. The minimum Gasteiger partial charge on any atom is -0.497 e. The topological polar surface area (TPSA) is 90.3 Å². The number of nitriles is 1. The maximum atomic E-state index is 14.0. The molecule has 156 valence electrons. The Morgan fingerprint density at radius 3 is 2.53 bits per heavy atom. The van der Waals surface area contributed by atoms with Gasteiger partial charge in [-0.1, -0.05) is 42.5 Å². The van der Waals surface area contributed by atoms with Crippen LogP contribution in [0.25, 0.3) is 16.6 Å². The van der Waals surface area contributed by atoms with Gasteiger partial charge in [-0.25, -0.2) is 0 Å². The van der Waals surface area contributed by atoms with Gasteiger partial charge in [0, 0.05) is 11.1 Å². The van der Waals surface area contributed by atoms with E-state index < -0.39 is 5.92 Å². The van der Waals surface area contributed by atoms with Crippen LogP contribution in [0.5, 0.6) is 11.5 Å². The van der Waals surface area contributed by atoms with Crippen molar-refractivity contribution in [1.82, 2.24) is 4.57 Å². The Balaban J connectivity index is 1.92. The lowest BCUT2D eigenvalue weighted by Crippen LogP contribution is -2.31. The van der Waals surface area contributed by atoms with E-state index >= 15 is 0 Å². The van der Waals surface area contributed by atoms with Crippen LogP contribution in [0.4, 0.5) is 0 Å². The number of nitrogens with two attached hydrogens (primary N) is 1. The van der Waals surface area contributed by atoms with E-state index in [4.69, 9.17) is 15.2 Å². The highest BCUT2D eigenvalue weighted by Gasteiger charge is 2.35. The van der Waals surface area contributed by atoms with Crippen LogP contribution in [0.3, 0.4) is 0 Å². The second kappa shape index (κ2) is 7.64. The first-order valence-electron chi connectivity index (χ1n) is 10.1. The lowest BCUT2D eigenvalue weighted by Gasteiger charge is -2.28. The molecule has 2 N–H and O–H groups in total. The van der Waals surface area contributed by atoms with Crippen LogP contribution in [-0.4, -0.2) is 11.7 Å². The van der Waals surface area contributed by atoms with Gasteiger partial charge in [0.05, 0.1) is 24.1 Å². The normalized spacial score (nSPS) is 15.1. The summed E-state index contributed by atoms with van der Waals surface area (Å²) in [6.45, 7) is 0. The highest BCUT2D eigenvalue weighted by molar-refractivity contribution is 5.89. The molecule has 0 bridgehead atoms. The average molecular weight is 421 g/mol. The molecule has 0 radical (unpaired) electrons. The zero-order valence-corrected chi connectivity index (χ0v) is 17.3. The van der Waals surface area contributed by atoms with Crippen molar-refractivity contribution in [2.24, 2.45) is 5.73 Å². The third kappa shape index (κ3) is 2.91. The fourth-order valence-corrected chi connectivity index (χ4v) is 4.26. The second-order valence-electron chi connectivity index (χ2n) is 7.44. The molecule has 0 amide bonds. The van der Waals surface area contributed by atoms with Gasteiger partial charge in [-0.05, 0) is 42.0 Å². The molecule has 32 heavy (non-hydrogen) atoms. The number of pyridine rings is 1. The van der Waals surface area contributed by atoms with Crippen molar-refractivity contribution < 1.29 is 9.47 Å². The van der Waals surface area contributed by atoms with Gasteiger partial charge in [0.2, 0.25) is 5.88 Å². The Labute approximate surface area is 184 Å². The monoisotopic (exact) mass is 421 g/mol. The van der Waals surface area contributed by atoms with Crippen LogP contribution >= 0.6 is 0 Å². The smallest absolute Gasteiger partial charge is 0.263 e. The number of hydrogen-bond acceptors (Lipinski definition) is 5. The molecule has 1 aliphatic rings. The number of para-hydroxylation sites is 2. The maximum absolute atomic E-state index is 14.0. The summed E-state index contributed by atoms with van der Waals surface area (Å²) >= 11 is 0. The van der Waals surface area contributed by atoms with E-state index in [-0.39, 0.29) is 17.0 Å². The largest absolute Gasteiger partial charge is 0.497 e. The predicted molar refractivity (Wildman–Crippen MR) is 122 cm³/mol. The van der Waals surface area contributed by atoms with Crippen LogP contribution in [0.2, 0.25) is 0 Å². The lowest BCUT2D eigenvalue weighted by atomic mass is 9.83. The molecule has 1 unspecified atom stereocenters. The average Bonchev–Trinajstić information content (AvgIpc) is 2.84. The fraction of sp³-hybridized carbons (Fsp3) is 0.0769. The highest BCUT2D eigenvalue weighted by atomic mass is 16.5. The molecule has 1 aliphatic heterocycles. The predicted octanol–water partition coefficient (Wildman–Crippen LogP) is 4.22. The number of rotatable bonds is 3. The molecular formula is C26H19N3O3. The van der Waals surface area contributed by atoms with Crippen LogP contribution in [0, 0.1) is 11.3 Å². The van der Waals surface area contributed by atoms with Gasteiger partial charge in [-0.15, -0.1) is 0 Å². The summed E-state index contributed by atoms with van der Waals surface area (Å²) in [5.74, 6) is 0.304. The van der Waals surface area contributed by atoms with Crippen molar-refractivity contribution in [1.29, 1.82) is 5.26 Å². The molecule has 1 aromatic heterocycles. The Hall–Kier alpha value is -4.50. The second-order valence-corrected chi connectivity index (χ2v) is 7.44. The third-order valence-electron chi connectivity index (χ3n) is 5.68. The van der Waals surface area contributed by atoms with Crippen LogP contribution in [0.1, 0.15) is 17.0 Å². The number of ether oxygens (including phenoxy) is 2. The van der Waals surface area contributed by atoms with Gasteiger partial charge in [0.1, 0.15) is 23.1 Å². The lowest BCUT2D eigenvalue weighted by molar-refractivity contribution is 0.395. The molecule has 5 rings (SSSR count). The van der Waals surface area contributed by atoms with E-state index in [9.17, 15) is 10.1 Å². The molecule has 4 aromatic rings. The Morgan fingerprint density at radius 2 is 1.78 bits per heavy atom. The van der Waals surface area contributed by atoms with E-state index in [1.807, 2.05) is 78.9 Å². The van der Waals surface area contributed by atoms with E-state index in [0.717, 1.165) is 16.6 Å². The first-order chi connectivity index (χ1) is 15.6. The summed E-state index contributed by atoms with van der Waals surface area (Å²) in [6.07, 6.45) is 0. The summed E-state index contributed by atoms with van der Waals surface area (Å²) in [6, 6.07) is 26.4. The SMILES string of the molecule is COc1cccc(C2C(C#N)=C(N)Oc3c2c(=O)n(-c2ccccc2)c2ccccc32)c1. The van der Waals surface area contributed by atoms with Gasteiger partial charge < -0.3 is 15.2 Å². The summed E-state index contributed by atoms with van der Waals surface area (Å²) in [5.41, 5.74) is 8.62. The summed E-state index contributed by atoms with van der Waals surface area (Å²) in [7, 11) is 1.57. The zero-order valence-electron chi connectivity index (χ0n) is 17.3. The molecule has 0 fully saturated rings. The number of aromatic nitrogens is 1. The Bertz CT molecular complexity index is 1480. The van der Waals surface area contributed by atoms with Gasteiger partial charge >= 0.3 is 0 Å². The van der Waals surface area contributed by atoms with Gasteiger partial charge in [0.15, 0.2) is 0 Å². The summed E-state index contributed by atoms with van der Waals surface area (Å²) in [4.78, 5) is 14.0. The molecule has 0 saturated carbocycles. The molecule has 0 aliphatic carbocycles. The number of allylic oxidation sites excluding steroid dienone is 1. The molecule has 2 heterocycles. The van der Waals surface area contributed by atoms with E-state index in [1.54, 1.807) is 11.7 Å². The minimum absolute atomic E-state index is 0.00478. The molecule has 6 heteroatoms. The van der Waals surface area contributed by atoms with Gasteiger partial charge in [-0.2, -0.15) is 5.26 Å². The fourth-order valence-electron chi connectivity index (χ4n) is 4.26.